The van der Waals surface area contributed by atoms with Crippen LogP contribution in [0.15, 0.2) is 18.2 Å². The third-order valence-electron chi connectivity index (χ3n) is 9.00. The maximum Gasteiger partial charge on any atom is -0.0126 e. The molecule has 2 aromatic rings. The molecule has 0 heterocycles. The van der Waals surface area contributed by atoms with E-state index < -0.39 is 0 Å². The topological polar surface area (TPSA) is 0 Å². The van der Waals surface area contributed by atoms with Crippen molar-refractivity contribution in [2.75, 3.05) is 0 Å². The number of rotatable bonds is 4. The van der Waals surface area contributed by atoms with E-state index in [2.05, 4.69) is 164 Å². The van der Waals surface area contributed by atoms with Crippen LogP contribution >= 0.6 is 0 Å². The van der Waals surface area contributed by atoms with Crippen molar-refractivity contribution in [3.63, 3.8) is 0 Å². The van der Waals surface area contributed by atoms with Crippen LogP contribution < -0.4 is 0 Å². The summed E-state index contributed by atoms with van der Waals surface area (Å²) in [6.07, 6.45) is 3.38. The van der Waals surface area contributed by atoms with Crippen molar-refractivity contribution >= 4 is 0 Å². The number of benzene rings is 2. The SMILES string of the molecule is CC(C)(C)c1cc(CCCc2cc(C(C)(C)C)c(C(C)(C)C)c(C(C)(C)C)c2C(C)(C)C)c(C(C)(C)C)c(C(C)(C)C)c1. The Bertz CT molecular complexity index is 1280. The first-order chi connectivity index (χ1) is 18.8. The van der Waals surface area contributed by atoms with E-state index in [-0.39, 0.29) is 37.9 Å². The van der Waals surface area contributed by atoms with Gasteiger partial charge in [-0.2, -0.15) is 0 Å². The summed E-state index contributed by atoms with van der Waals surface area (Å²) >= 11 is 0. The van der Waals surface area contributed by atoms with E-state index >= 15 is 0 Å². The summed E-state index contributed by atoms with van der Waals surface area (Å²) in [6.45, 7) is 50.6. The molecule has 0 aromatic heterocycles. The maximum atomic E-state index is 2.63. The molecule has 0 N–H and O–H groups in total. The minimum Gasteiger partial charge on any atom is -0.0561 e. The molecule has 0 bridgehead atoms. The lowest BCUT2D eigenvalue weighted by Crippen LogP contribution is -2.33. The van der Waals surface area contributed by atoms with E-state index in [1.807, 2.05) is 0 Å². The molecule has 0 unspecified atom stereocenters. The first-order valence-corrected chi connectivity index (χ1v) is 17.2. The van der Waals surface area contributed by atoms with E-state index in [4.69, 9.17) is 0 Å². The lowest BCUT2D eigenvalue weighted by atomic mass is 9.63. The van der Waals surface area contributed by atoms with E-state index in [0.717, 1.165) is 19.3 Å². The molecule has 0 amide bonds. The van der Waals surface area contributed by atoms with Crippen LogP contribution in [0.2, 0.25) is 0 Å². The van der Waals surface area contributed by atoms with Gasteiger partial charge in [0.1, 0.15) is 0 Å². The summed E-state index contributed by atoms with van der Waals surface area (Å²) in [4.78, 5) is 0. The Hall–Kier alpha value is -1.56. The molecule has 0 saturated carbocycles. The van der Waals surface area contributed by atoms with Gasteiger partial charge in [0, 0.05) is 0 Å². The van der Waals surface area contributed by atoms with Crippen LogP contribution in [0, 0.1) is 0 Å². The zero-order valence-corrected chi connectivity index (χ0v) is 32.9. The van der Waals surface area contributed by atoms with Crippen LogP contribution in [-0.2, 0) is 50.7 Å². The molecular weight excluding hydrogens is 516 g/mol. The van der Waals surface area contributed by atoms with Gasteiger partial charge in [0.15, 0.2) is 0 Å². The minimum absolute atomic E-state index is 0.0588. The van der Waals surface area contributed by atoms with Gasteiger partial charge in [0.25, 0.3) is 0 Å². The van der Waals surface area contributed by atoms with Crippen molar-refractivity contribution in [1.29, 1.82) is 0 Å². The smallest absolute Gasteiger partial charge is 0.0126 e. The fourth-order valence-electron chi connectivity index (χ4n) is 7.19. The van der Waals surface area contributed by atoms with Crippen molar-refractivity contribution in [2.45, 2.75) is 203 Å². The third kappa shape index (κ3) is 8.79. The average molecular weight is 589 g/mol. The zero-order chi connectivity index (χ0) is 33.9. The Morgan fingerprint density at radius 1 is 0.326 bits per heavy atom. The molecule has 0 heteroatoms. The number of aryl methyl sites for hydroxylation is 2. The first kappa shape index (κ1) is 37.6. The van der Waals surface area contributed by atoms with Gasteiger partial charge in [-0.1, -0.05) is 164 Å². The van der Waals surface area contributed by atoms with Gasteiger partial charge in [-0.25, -0.2) is 0 Å². The second-order valence-corrected chi connectivity index (χ2v) is 20.9. The van der Waals surface area contributed by atoms with Crippen LogP contribution in [0.5, 0.6) is 0 Å². The lowest BCUT2D eigenvalue weighted by Gasteiger charge is -2.42. The minimum atomic E-state index is 0.0588. The normalized spacial score (nSPS) is 14.4. The van der Waals surface area contributed by atoms with E-state index in [1.54, 1.807) is 33.4 Å². The van der Waals surface area contributed by atoms with Crippen molar-refractivity contribution in [3.05, 3.63) is 68.3 Å². The fourth-order valence-corrected chi connectivity index (χ4v) is 7.19. The molecule has 0 radical (unpaired) electrons. The standard InChI is InChI=1S/C43H72/c1-37(2,3)30-25-28(33(40(10,11)12)32(27-30)39(7,8)9)23-22-24-29-26-31(38(4,5)6)35(42(16,17)18)36(43(19,20)21)34(29)41(13,14)15/h25-27H,22-24H2,1-21H3. The van der Waals surface area contributed by atoms with Crippen LogP contribution in [0.1, 0.15) is 202 Å². The lowest BCUT2D eigenvalue weighted by molar-refractivity contribution is 0.472. The molecule has 0 aliphatic carbocycles. The summed E-state index contributed by atoms with van der Waals surface area (Å²) in [5.41, 5.74) is 14.6. The monoisotopic (exact) mass is 589 g/mol. The van der Waals surface area contributed by atoms with E-state index in [9.17, 15) is 0 Å². The summed E-state index contributed by atoms with van der Waals surface area (Å²) in [5, 5.41) is 0. The number of hydrogen-bond acceptors (Lipinski definition) is 0. The molecular formula is C43H72. The molecule has 0 atom stereocenters. The van der Waals surface area contributed by atoms with Crippen LogP contribution in [0.4, 0.5) is 0 Å². The molecule has 0 saturated heterocycles. The maximum absolute atomic E-state index is 2.63. The molecule has 2 aromatic carbocycles. The first-order valence-electron chi connectivity index (χ1n) is 17.2. The fraction of sp³-hybridized carbons (Fsp3) is 0.721. The second-order valence-electron chi connectivity index (χ2n) is 20.9. The highest BCUT2D eigenvalue weighted by Crippen LogP contribution is 2.47. The van der Waals surface area contributed by atoms with Crippen molar-refractivity contribution in [3.8, 4) is 0 Å². The summed E-state index contributed by atoms with van der Waals surface area (Å²) in [7, 11) is 0. The van der Waals surface area contributed by atoms with Gasteiger partial charge < -0.3 is 0 Å². The third-order valence-corrected chi connectivity index (χ3v) is 9.00. The number of hydrogen-bond donors (Lipinski definition) is 0. The highest BCUT2D eigenvalue weighted by atomic mass is 14.4. The van der Waals surface area contributed by atoms with Gasteiger partial charge in [-0.15, -0.1) is 0 Å². The highest BCUT2D eigenvalue weighted by molar-refractivity contribution is 5.57. The quantitative estimate of drug-likeness (QED) is 0.333. The predicted molar refractivity (Wildman–Crippen MR) is 196 cm³/mol. The Morgan fingerprint density at radius 2 is 0.674 bits per heavy atom. The van der Waals surface area contributed by atoms with Crippen LogP contribution in [0.3, 0.4) is 0 Å². The van der Waals surface area contributed by atoms with Crippen molar-refractivity contribution < 1.29 is 0 Å². The Labute approximate surface area is 270 Å². The molecule has 244 valence electrons. The summed E-state index contributed by atoms with van der Waals surface area (Å²) in [5.74, 6) is 0. The van der Waals surface area contributed by atoms with E-state index in [1.165, 1.54) is 16.7 Å². The predicted octanol–water partition coefficient (Wildman–Crippen LogP) is 12.9. The van der Waals surface area contributed by atoms with Gasteiger partial charge >= 0.3 is 0 Å². The average Bonchev–Trinajstić information content (AvgIpc) is 2.72. The van der Waals surface area contributed by atoms with Gasteiger partial charge in [-0.05, 0) is 107 Å². The highest BCUT2D eigenvalue weighted by Gasteiger charge is 2.38. The van der Waals surface area contributed by atoms with Crippen LogP contribution in [0.25, 0.3) is 0 Å². The molecule has 0 fully saturated rings. The van der Waals surface area contributed by atoms with Gasteiger partial charge in [-0.3, -0.25) is 0 Å². The molecule has 0 spiro atoms. The summed E-state index contributed by atoms with van der Waals surface area (Å²) < 4.78 is 0. The molecule has 0 aliphatic heterocycles. The Balaban J connectivity index is 2.88. The molecule has 0 aliphatic rings. The van der Waals surface area contributed by atoms with Crippen LogP contribution in [-0.4, -0.2) is 0 Å². The zero-order valence-electron chi connectivity index (χ0n) is 32.9. The molecule has 2 rings (SSSR count). The largest absolute Gasteiger partial charge is 0.0561 e. The van der Waals surface area contributed by atoms with Crippen molar-refractivity contribution in [1.82, 2.24) is 0 Å². The summed E-state index contributed by atoms with van der Waals surface area (Å²) in [6, 6.07) is 7.72. The molecule has 0 nitrogen and oxygen atoms in total. The second kappa shape index (κ2) is 11.7. The van der Waals surface area contributed by atoms with E-state index in [0.29, 0.717) is 0 Å². The Kier molecular flexibility index (Phi) is 10.2. The molecule has 43 heavy (non-hydrogen) atoms. The van der Waals surface area contributed by atoms with Gasteiger partial charge in [0.2, 0.25) is 0 Å². The Morgan fingerprint density at radius 3 is 1.00 bits per heavy atom. The van der Waals surface area contributed by atoms with Crippen molar-refractivity contribution in [2.24, 2.45) is 0 Å². The van der Waals surface area contributed by atoms with Gasteiger partial charge in [0.05, 0.1) is 0 Å².